The number of hydrogen-bond acceptors (Lipinski definition) is 3. The molecular weight excluding hydrogens is 268 g/mol. The summed E-state index contributed by atoms with van der Waals surface area (Å²) in [5, 5.41) is 5.07. The average molecular weight is 288 g/mol. The average Bonchev–Trinajstić information content (AvgIpc) is 2.99. The summed E-state index contributed by atoms with van der Waals surface area (Å²) in [5.74, 6) is 0.0393. The third-order valence-corrected chi connectivity index (χ3v) is 4.16. The fraction of sp³-hybridized carbons (Fsp3) is 0.312. The van der Waals surface area contributed by atoms with Crippen molar-refractivity contribution in [1.82, 2.24) is 0 Å². The van der Waals surface area contributed by atoms with Crippen LogP contribution in [-0.4, -0.2) is 12.5 Å². The predicted octanol–water partition coefficient (Wildman–Crippen LogP) is 3.73. The Hall–Kier alpha value is -1.65. The van der Waals surface area contributed by atoms with Gasteiger partial charge in [-0.3, -0.25) is 4.79 Å². The first-order valence-electron chi connectivity index (χ1n) is 6.86. The van der Waals surface area contributed by atoms with Gasteiger partial charge in [-0.05, 0) is 36.9 Å². The van der Waals surface area contributed by atoms with Gasteiger partial charge in [0, 0.05) is 22.0 Å². The zero-order valence-electron chi connectivity index (χ0n) is 11.6. The van der Waals surface area contributed by atoms with E-state index in [0.29, 0.717) is 6.54 Å². The lowest BCUT2D eigenvalue weighted by Gasteiger charge is -2.14. The van der Waals surface area contributed by atoms with E-state index in [1.54, 1.807) is 11.3 Å². The molecule has 2 rings (SSSR count). The van der Waals surface area contributed by atoms with Gasteiger partial charge in [0.2, 0.25) is 5.91 Å². The maximum atomic E-state index is 12.2. The number of thiophene rings is 1. The van der Waals surface area contributed by atoms with Gasteiger partial charge < -0.3 is 11.1 Å². The molecule has 1 amide bonds. The first kappa shape index (κ1) is 14.8. The number of para-hydroxylation sites is 1. The summed E-state index contributed by atoms with van der Waals surface area (Å²) in [4.78, 5) is 13.4. The Balaban J connectivity index is 2.12. The van der Waals surface area contributed by atoms with Gasteiger partial charge in [0.1, 0.15) is 0 Å². The lowest BCUT2D eigenvalue weighted by molar-refractivity contribution is -0.119. The number of carbonyl (C=O) groups excluding carboxylic acids is 1. The molecule has 2 aromatic rings. The van der Waals surface area contributed by atoms with Crippen LogP contribution in [-0.2, 0) is 4.79 Å². The normalized spacial score (nSPS) is 12.1. The van der Waals surface area contributed by atoms with Gasteiger partial charge >= 0.3 is 0 Å². The highest BCUT2D eigenvalue weighted by atomic mass is 32.1. The fourth-order valence-corrected chi connectivity index (χ4v) is 2.82. The molecule has 4 heteroatoms. The molecule has 0 aliphatic heterocycles. The Morgan fingerprint density at radius 1 is 1.30 bits per heavy atom. The van der Waals surface area contributed by atoms with Crippen molar-refractivity contribution < 1.29 is 4.79 Å². The number of rotatable bonds is 6. The molecule has 0 spiro atoms. The zero-order chi connectivity index (χ0) is 14.4. The number of benzene rings is 1. The van der Waals surface area contributed by atoms with Crippen LogP contribution in [0.2, 0.25) is 0 Å². The smallest absolute Gasteiger partial charge is 0.227 e. The molecule has 20 heavy (non-hydrogen) atoms. The molecular formula is C16H20N2OS. The maximum absolute atomic E-state index is 12.2. The standard InChI is InChI=1S/C16H20N2OS/c1-12(6-4-10-17)16(19)18-14-8-3-2-7-13(14)15-9-5-11-20-15/h2-3,5,7-9,11-12H,4,6,10,17H2,1H3,(H,18,19). The minimum atomic E-state index is -0.0186. The first-order chi connectivity index (χ1) is 9.72. The highest BCUT2D eigenvalue weighted by molar-refractivity contribution is 7.13. The van der Waals surface area contributed by atoms with Crippen LogP contribution in [0.1, 0.15) is 19.8 Å². The van der Waals surface area contributed by atoms with Gasteiger partial charge in [0.25, 0.3) is 0 Å². The van der Waals surface area contributed by atoms with Gasteiger partial charge in [-0.1, -0.05) is 31.2 Å². The van der Waals surface area contributed by atoms with E-state index >= 15 is 0 Å². The summed E-state index contributed by atoms with van der Waals surface area (Å²) in [6.45, 7) is 2.57. The van der Waals surface area contributed by atoms with Crippen LogP contribution >= 0.6 is 11.3 Å². The monoisotopic (exact) mass is 288 g/mol. The second-order valence-electron chi connectivity index (χ2n) is 4.84. The topological polar surface area (TPSA) is 55.1 Å². The van der Waals surface area contributed by atoms with E-state index in [0.717, 1.165) is 29.0 Å². The second kappa shape index (κ2) is 7.22. The summed E-state index contributed by atoms with van der Waals surface area (Å²) in [6.07, 6.45) is 1.70. The molecule has 0 bridgehead atoms. The summed E-state index contributed by atoms with van der Waals surface area (Å²) in [7, 11) is 0. The molecule has 0 radical (unpaired) electrons. The molecule has 1 heterocycles. The Morgan fingerprint density at radius 2 is 2.10 bits per heavy atom. The van der Waals surface area contributed by atoms with Crippen molar-refractivity contribution >= 4 is 22.9 Å². The van der Waals surface area contributed by atoms with Gasteiger partial charge in [0.05, 0.1) is 0 Å². The molecule has 0 saturated heterocycles. The van der Waals surface area contributed by atoms with Crippen LogP contribution in [0.15, 0.2) is 41.8 Å². The van der Waals surface area contributed by atoms with Crippen LogP contribution < -0.4 is 11.1 Å². The first-order valence-corrected chi connectivity index (χ1v) is 7.74. The van der Waals surface area contributed by atoms with Crippen molar-refractivity contribution in [2.24, 2.45) is 11.7 Å². The van der Waals surface area contributed by atoms with Crippen LogP contribution in [0.25, 0.3) is 10.4 Å². The van der Waals surface area contributed by atoms with E-state index in [9.17, 15) is 4.79 Å². The van der Waals surface area contributed by atoms with Crippen LogP contribution in [0.3, 0.4) is 0 Å². The summed E-state index contributed by atoms with van der Waals surface area (Å²) in [6, 6.07) is 12.0. The van der Waals surface area contributed by atoms with Gasteiger partial charge in [-0.2, -0.15) is 0 Å². The minimum Gasteiger partial charge on any atom is -0.330 e. The molecule has 1 aromatic heterocycles. The third kappa shape index (κ3) is 3.68. The molecule has 3 nitrogen and oxygen atoms in total. The highest BCUT2D eigenvalue weighted by Crippen LogP contribution is 2.31. The lowest BCUT2D eigenvalue weighted by Crippen LogP contribution is -2.21. The van der Waals surface area contributed by atoms with E-state index in [4.69, 9.17) is 5.73 Å². The van der Waals surface area contributed by atoms with E-state index < -0.39 is 0 Å². The van der Waals surface area contributed by atoms with Gasteiger partial charge in [-0.15, -0.1) is 11.3 Å². The summed E-state index contributed by atoms with van der Waals surface area (Å²) in [5.41, 5.74) is 7.43. The zero-order valence-corrected chi connectivity index (χ0v) is 12.5. The van der Waals surface area contributed by atoms with Crippen LogP contribution in [0.5, 0.6) is 0 Å². The summed E-state index contributed by atoms with van der Waals surface area (Å²) >= 11 is 1.67. The third-order valence-electron chi connectivity index (χ3n) is 3.26. The Bertz CT molecular complexity index is 551. The summed E-state index contributed by atoms with van der Waals surface area (Å²) < 4.78 is 0. The number of nitrogens with two attached hydrogens (primary N) is 1. The molecule has 0 aliphatic rings. The number of nitrogens with one attached hydrogen (secondary N) is 1. The van der Waals surface area contributed by atoms with E-state index in [1.165, 1.54) is 0 Å². The molecule has 0 saturated carbocycles. The van der Waals surface area contributed by atoms with Crippen molar-refractivity contribution in [3.63, 3.8) is 0 Å². The van der Waals surface area contributed by atoms with Crippen molar-refractivity contribution in [3.05, 3.63) is 41.8 Å². The van der Waals surface area contributed by atoms with E-state index in [1.807, 2.05) is 42.6 Å². The predicted molar refractivity (Wildman–Crippen MR) is 85.8 cm³/mol. The van der Waals surface area contributed by atoms with Crippen LogP contribution in [0, 0.1) is 5.92 Å². The quantitative estimate of drug-likeness (QED) is 0.851. The van der Waals surface area contributed by atoms with Crippen molar-refractivity contribution in [3.8, 4) is 10.4 Å². The van der Waals surface area contributed by atoms with Crippen molar-refractivity contribution in [2.75, 3.05) is 11.9 Å². The molecule has 106 valence electrons. The van der Waals surface area contributed by atoms with Gasteiger partial charge in [-0.25, -0.2) is 0 Å². The molecule has 1 aromatic carbocycles. The largest absolute Gasteiger partial charge is 0.330 e. The van der Waals surface area contributed by atoms with Gasteiger partial charge in [0.15, 0.2) is 0 Å². The van der Waals surface area contributed by atoms with E-state index in [2.05, 4.69) is 11.4 Å². The minimum absolute atomic E-state index is 0.0186. The Kier molecular flexibility index (Phi) is 5.32. The fourth-order valence-electron chi connectivity index (χ4n) is 2.05. The molecule has 1 unspecified atom stereocenters. The molecule has 0 aliphatic carbocycles. The number of amides is 1. The molecule has 0 fully saturated rings. The SMILES string of the molecule is CC(CCCN)C(=O)Nc1ccccc1-c1cccs1. The number of carbonyl (C=O) groups is 1. The molecule has 3 N–H and O–H groups in total. The van der Waals surface area contributed by atoms with Crippen molar-refractivity contribution in [2.45, 2.75) is 19.8 Å². The number of anilines is 1. The Labute approximate surface area is 123 Å². The van der Waals surface area contributed by atoms with Crippen molar-refractivity contribution in [1.29, 1.82) is 0 Å². The van der Waals surface area contributed by atoms with Crippen LogP contribution in [0.4, 0.5) is 5.69 Å². The number of hydrogen-bond donors (Lipinski definition) is 2. The Morgan fingerprint density at radius 3 is 2.80 bits per heavy atom. The van der Waals surface area contributed by atoms with E-state index in [-0.39, 0.29) is 11.8 Å². The second-order valence-corrected chi connectivity index (χ2v) is 5.79. The molecule has 1 atom stereocenters. The maximum Gasteiger partial charge on any atom is 0.227 e. The highest BCUT2D eigenvalue weighted by Gasteiger charge is 2.14. The lowest BCUT2D eigenvalue weighted by atomic mass is 10.0.